The van der Waals surface area contributed by atoms with Gasteiger partial charge in [-0.3, -0.25) is 10.1 Å². The van der Waals surface area contributed by atoms with E-state index in [0.717, 1.165) is 29.7 Å². The van der Waals surface area contributed by atoms with Crippen LogP contribution in [0.4, 0.5) is 5.69 Å². The van der Waals surface area contributed by atoms with Crippen molar-refractivity contribution in [3.05, 3.63) is 122 Å². The summed E-state index contributed by atoms with van der Waals surface area (Å²) in [6.45, 7) is 2.21. The molecule has 0 aliphatic heterocycles. The van der Waals surface area contributed by atoms with Gasteiger partial charge in [-0.05, 0) is 59.9 Å². The molecule has 0 unspecified atom stereocenters. The van der Waals surface area contributed by atoms with Crippen LogP contribution in [0.1, 0.15) is 58.9 Å². The van der Waals surface area contributed by atoms with Crippen LogP contribution < -0.4 is 9.47 Å². The van der Waals surface area contributed by atoms with Gasteiger partial charge >= 0.3 is 11.9 Å². The lowest BCUT2D eigenvalue weighted by atomic mass is 10.0. The van der Waals surface area contributed by atoms with E-state index in [9.17, 15) is 19.7 Å². The van der Waals surface area contributed by atoms with Crippen molar-refractivity contribution in [2.24, 2.45) is 0 Å². The zero-order chi connectivity index (χ0) is 29.4. The van der Waals surface area contributed by atoms with Gasteiger partial charge in [-0.25, -0.2) is 9.59 Å². The molecule has 0 saturated carbocycles. The third kappa shape index (κ3) is 7.93. The van der Waals surface area contributed by atoms with E-state index in [0.29, 0.717) is 5.56 Å². The molecule has 0 N–H and O–H groups in total. The van der Waals surface area contributed by atoms with Crippen LogP contribution in [-0.4, -0.2) is 16.9 Å². The largest absolute Gasteiger partial charge is 0.423 e. The molecule has 0 aliphatic carbocycles. The summed E-state index contributed by atoms with van der Waals surface area (Å²) >= 11 is 12.1. The molecule has 7 nitrogen and oxygen atoms in total. The third-order valence-electron chi connectivity index (χ3n) is 6.42. The smallest absolute Gasteiger partial charge is 0.345 e. The second-order valence-corrected chi connectivity index (χ2v) is 10.2. The molecular formula is C32H27Cl2NO6. The Kier molecular flexibility index (Phi) is 10.1. The molecule has 0 saturated heterocycles. The number of aryl methyl sites for hydroxylation is 1. The van der Waals surface area contributed by atoms with E-state index in [4.69, 9.17) is 32.7 Å². The summed E-state index contributed by atoms with van der Waals surface area (Å²) < 4.78 is 10.7. The van der Waals surface area contributed by atoms with Gasteiger partial charge in [0, 0.05) is 18.2 Å². The zero-order valence-corrected chi connectivity index (χ0v) is 23.8. The minimum Gasteiger partial charge on any atom is -0.423 e. The Labute approximate surface area is 247 Å². The Morgan fingerprint density at radius 1 is 0.732 bits per heavy atom. The average Bonchev–Trinajstić information content (AvgIpc) is 2.95. The topological polar surface area (TPSA) is 95.7 Å². The van der Waals surface area contributed by atoms with Crippen molar-refractivity contribution in [3.63, 3.8) is 0 Å². The van der Waals surface area contributed by atoms with E-state index in [-0.39, 0.29) is 32.8 Å². The van der Waals surface area contributed by atoms with Crippen LogP contribution in [0.25, 0.3) is 11.1 Å². The van der Waals surface area contributed by atoms with Gasteiger partial charge in [0.1, 0.15) is 16.5 Å². The van der Waals surface area contributed by atoms with E-state index in [2.05, 4.69) is 31.2 Å². The van der Waals surface area contributed by atoms with Crippen LogP contribution in [0.5, 0.6) is 11.5 Å². The Bertz CT molecular complexity index is 1550. The van der Waals surface area contributed by atoms with Gasteiger partial charge in [-0.1, -0.05) is 85.8 Å². The maximum atomic E-state index is 12.7. The molecule has 0 atom stereocenters. The fourth-order valence-corrected chi connectivity index (χ4v) is 4.66. The second kappa shape index (κ2) is 13.9. The first kappa shape index (κ1) is 29.8. The molecule has 41 heavy (non-hydrogen) atoms. The summed E-state index contributed by atoms with van der Waals surface area (Å²) in [5.74, 6) is -1.23. The van der Waals surface area contributed by atoms with Crippen LogP contribution in [0.15, 0.2) is 84.9 Å². The van der Waals surface area contributed by atoms with E-state index >= 15 is 0 Å². The van der Waals surface area contributed by atoms with Crippen LogP contribution in [0.3, 0.4) is 0 Å². The van der Waals surface area contributed by atoms with Gasteiger partial charge in [0.05, 0.1) is 21.1 Å². The minimum atomic E-state index is -0.807. The van der Waals surface area contributed by atoms with Crippen LogP contribution >= 0.6 is 23.2 Å². The standard InChI is InChI=1S/C32H27Cl2NO6/c1-2-3-4-5-6-21-7-9-22(10-8-21)23-11-13-24(14-12-23)31(36)40-25-15-17-27(28(33)19-25)32(37)41-26-16-18-30(35(38)39)29(34)20-26/h7-20H,2-6H2,1H3. The SMILES string of the molecule is CCCCCCc1ccc(-c2ccc(C(=O)Oc3ccc(C(=O)Oc4ccc([N+](=O)[O-])c(Cl)c4)c(Cl)c3)cc2)cc1. The fourth-order valence-electron chi connectivity index (χ4n) is 4.17. The molecule has 4 rings (SSSR count). The van der Waals surface area contributed by atoms with Crippen molar-refractivity contribution in [1.82, 2.24) is 0 Å². The maximum absolute atomic E-state index is 12.7. The molecule has 0 aliphatic rings. The Hall–Kier alpha value is -4.20. The van der Waals surface area contributed by atoms with Crippen molar-refractivity contribution in [2.45, 2.75) is 39.0 Å². The average molecular weight is 592 g/mol. The fraction of sp³-hybridized carbons (Fsp3) is 0.188. The van der Waals surface area contributed by atoms with Crippen molar-refractivity contribution < 1.29 is 24.0 Å². The van der Waals surface area contributed by atoms with Gasteiger partial charge < -0.3 is 9.47 Å². The van der Waals surface area contributed by atoms with Gasteiger partial charge in [-0.2, -0.15) is 0 Å². The van der Waals surface area contributed by atoms with Gasteiger partial charge in [0.2, 0.25) is 0 Å². The number of nitrogens with zero attached hydrogens (tertiary/aromatic N) is 1. The molecule has 9 heteroatoms. The number of ether oxygens (including phenoxy) is 2. The first-order chi connectivity index (χ1) is 19.7. The van der Waals surface area contributed by atoms with E-state index in [1.54, 1.807) is 12.1 Å². The third-order valence-corrected chi connectivity index (χ3v) is 7.04. The summed E-state index contributed by atoms with van der Waals surface area (Å²) in [5.41, 5.74) is 3.42. The normalized spacial score (nSPS) is 10.7. The number of hydrogen-bond acceptors (Lipinski definition) is 6. The Morgan fingerprint density at radius 2 is 1.32 bits per heavy atom. The number of hydrogen-bond donors (Lipinski definition) is 0. The lowest BCUT2D eigenvalue weighted by Crippen LogP contribution is -2.11. The number of carbonyl (C=O) groups is 2. The number of nitro benzene ring substituents is 1. The van der Waals surface area contributed by atoms with Crippen molar-refractivity contribution in [1.29, 1.82) is 0 Å². The highest BCUT2D eigenvalue weighted by Gasteiger charge is 2.18. The van der Waals surface area contributed by atoms with Crippen LogP contribution in [0.2, 0.25) is 10.0 Å². The Morgan fingerprint density at radius 3 is 1.90 bits per heavy atom. The lowest BCUT2D eigenvalue weighted by Gasteiger charge is -2.09. The first-order valence-electron chi connectivity index (χ1n) is 13.1. The Balaban J connectivity index is 1.36. The maximum Gasteiger partial charge on any atom is 0.345 e. The number of nitro groups is 1. The number of unbranched alkanes of at least 4 members (excludes halogenated alkanes) is 3. The van der Waals surface area contributed by atoms with Gasteiger partial charge in [0.25, 0.3) is 5.69 Å². The molecule has 4 aromatic rings. The monoisotopic (exact) mass is 591 g/mol. The lowest BCUT2D eigenvalue weighted by molar-refractivity contribution is -0.384. The summed E-state index contributed by atoms with van der Waals surface area (Å²) in [6.07, 6.45) is 6.01. The number of esters is 2. The molecule has 0 bridgehead atoms. The minimum absolute atomic E-state index is 0.00235. The highest BCUT2D eigenvalue weighted by atomic mass is 35.5. The summed E-state index contributed by atoms with van der Waals surface area (Å²) in [7, 11) is 0. The highest BCUT2D eigenvalue weighted by Crippen LogP contribution is 2.30. The number of benzene rings is 4. The summed E-state index contributed by atoms with van der Waals surface area (Å²) in [4.78, 5) is 35.5. The molecule has 0 fully saturated rings. The second-order valence-electron chi connectivity index (χ2n) is 9.38. The molecule has 0 radical (unpaired) electrons. The number of halogens is 2. The van der Waals surface area contributed by atoms with Crippen LogP contribution in [0, 0.1) is 10.1 Å². The first-order valence-corrected chi connectivity index (χ1v) is 13.9. The van der Waals surface area contributed by atoms with Crippen molar-refractivity contribution in [2.75, 3.05) is 0 Å². The summed E-state index contributed by atoms with van der Waals surface area (Å²) in [6, 6.07) is 23.2. The van der Waals surface area contributed by atoms with Crippen molar-refractivity contribution in [3.8, 4) is 22.6 Å². The van der Waals surface area contributed by atoms with Gasteiger partial charge in [0.15, 0.2) is 0 Å². The van der Waals surface area contributed by atoms with Crippen LogP contribution in [-0.2, 0) is 6.42 Å². The predicted octanol–water partition coefficient (Wildman–Crippen LogP) is 9.13. The molecule has 0 amide bonds. The molecule has 0 heterocycles. The molecule has 4 aromatic carbocycles. The number of carbonyl (C=O) groups excluding carboxylic acids is 2. The molecule has 0 aromatic heterocycles. The predicted molar refractivity (Wildman–Crippen MR) is 159 cm³/mol. The summed E-state index contributed by atoms with van der Waals surface area (Å²) in [5, 5.41) is 10.7. The molecular weight excluding hydrogens is 565 g/mol. The van der Waals surface area contributed by atoms with E-state index < -0.39 is 16.9 Å². The van der Waals surface area contributed by atoms with E-state index in [1.807, 2.05) is 12.1 Å². The highest BCUT2D eigenvalue weighted by molar-refractivity contribution is 6.34. The van der Waals surface area contributed by atoms with Gasteiger partial charge in [-0.15, -0.1) is 0 Å². The number of rotatable bonds is 11. The van der Waals surface area contributed by atoms with Crippen molar-refractivity contribution >= 4 is 40.8 Å². The quantitative estimate of drug-likeness (QED) is 0.0567. The van der Waals surface area contributed by atoms with E-state index in [1.165, 1.54) is 55.5 Å². The molecule has 210 valence electrons. The molecule has 0 spiro atoms. The zero-order valence-electron chi connectivity index (χ0n) is 22.3.